The SMILES string of the molecule is C=C(CC[C@@H](C)C1CC[C@@H]([C@@H]2C[C@H]3O[C@]34C[C@@H](O)CC[C@]4(C)C2=O)[C@]1(C)CCO)C(C)C. The minimum atomic E-state index is -0.460. The van der Waals surface area contributed by atoms with Gasteiger partial charge in [-0.2, -0.15) is 0 Å². The molecule has 0 aromatic heterocycles. The number of carbonyl (C=O) groups is 1. The van der Waals surface area contributed by atoms with Gasteiger partial charge in [0.05, 0.1) is 17.6 Å². The molecule has 4 rings (SSSR count). The van der Waals surface area contributed by atoms with Crippen LogP contribution in [0.2, 0.25) is 0 Å². The molecule has 9 atom stereocenters. The monoisotopic (exact) mass is 446 g/mol. The molecule has 0 amide bonds. The number of Topliss-reactive ketones (excluding diaryl/α,β-unsaturated/α-hetero) is 1. The summed E-state index contributed by atoms with van der Waals surface area (Å²) in [5.74, 6) is 2.33. The topological polar surface area (TPSA) is 70.1 Å². The number of ether oxygens (including phenoxy) is 1. The molecule has 1 unspecified atom stereocenters. The van der Waals surface area contributed by atoms with Gasteiger partial charge in [-0.05, 0) is 87.4 Å². The molecule has 182 valence electrons. The summed E-state index contributed by atoms with van der Waals surface area (Å²) in [4.78, 5) is 14.0. The van der Waals surface area contributed by atoms with Crippen molar-refractivity contribution < 1.29 is 19.7 Å². The van der Waals surface area contributed by atoms with Crippen LogP contribution in [0.25, 0.3) is 0 Å². The quantitative estimate of drug-likeness (QED) is 0.392. The number of aliphatic hydroxyl groups is 2. The summed E-state index contributed by atoms with van der Waals surface area (Å²) in [5.41, 5.74) is 0.437. The second kappa shape index (κ2) is 8.50. The van der Waals surface area contributed by atoms with Gasteiger partial charge in [0.15, 0.2) is 0 Å². The van der Waals surface area contributed by atoms with Gasteiger partial charge in [-0.15, -0.1) is 0 Å². The Hall–Kier alpha value is -0.710. The third-order valence-electron chi connectivity index (χ3n) is 10.7. The van der Waals surface area contributed by atoms with Crippen LogP contribution in [-0.2, 0) is 9.53 Å². The number of epoxide rings is 1. The van der Waals surface area contributed by atoms with Crippen LogP contribution in [-0.4, -0.2) is 40.4 Å². The lowest BCUT2D eigenvalue weighted by Gasteiger charge is -2.49. The Morgan fingerprint density at radius 1 is 1.22 bits per heavy atom. The summed E-state index contributed by atoms with van der Waals surface area (Å²) in [7, 11) is 0. The highest BCUT2D eigenvalue weighted by atomic mass is 16.6. The highest BCUT2D eigenvalue weighted by Crippen LogP contribution is 2.68. The Morgan fingerprint density at radius 3 is 2.59 bits per heavy atom. The van der Waals surface area contributed by atoms with E-state index in [1.807, 2.05) is 0 Å². The zero-order valence-electron chi connectivity index (χ0n) is 21.0. The van der Waals surface area contributed by atoms with Gasteiger partial charge in [-0.1, -0.05) is 39.8 Å². The van der Waals surface area contributed by atoms with Crippen molar-refractivity contribution in [3.63, 3.8) is 0 Å². The number of aliphatic hydroxyl groups excluding tert-OH is 2. The molecule has 4 aliphatic rings. The molecule has 0 aromatic rings. The van der Waals surface area contributed by atoms with Gasteiger partial charge in [0, 0.05) is 18.9 Å². The summed E-state index contributed by atoms with van der Waals surface area (Å²) in [6, 6.07) is 0. The standard InChI is InChI=1S/C28H46O4/c1-17(2)18(3)7-8-19(4)22-9-10-23(26(22,5)13-14-29)21-15-24-28(32-24)16-20(30)11-12-27(28,6)25(21)31/h17,19-24,29-30H,3,7-16H2,1-2,4-6H3/t19-,20+,21+,22?,23+,24-,26-,27-,28-/m1/s1. The van der Waals surface area contributed by atoms with Crippen LogP contribution in [0.3, 0.4) is 0 Å². The van der Waals surface area contributed by atoms with Crippen molar-refractivity contribution in [1.82, 2.24) is 0 Å². The molecular weight excluding hydrogens is 400 g/mol. The van der Waals surface area contributed by atoms with Gasteiger partial charge in [-0.25, -0.2) is 0 Å². The van der Waals surface area contributed by atoms with Gasteiger partial charge >= 0.3 is 0 Å². The second-order valence-electron chi connectivity index (χ2n) is 12.5. The molecule has 3 saturated carbocycles. The van der Waals surface area contributed by atoms with E-state index in [1.54, 1.807) is 0 Å². The van der Waals surface area contributed by atoms with E-state index >= 15 is 0 Å². The summed E-state index contributed by atoms with van der Waals surface area (Å²) in [6.07, 6.45) is 7.83. The van der Waals surface area contributed by atoms with Gasteiger partial charge < -0.3 is 14.9 Å². The van der Waals surface area contributed by atoms with Crippen molar-refractivity contribution in [3.8, 4) is 0 Å². The number of ketones is 1. The fourth-order valence-electron chi connectivity index (χ4n) is 8.30. The molecule has 1 aliphatic heterocycles. The van der Waals surface area contributed by atoms with E-state index in [0.717, 1.165) is 44.9 Å². The lowest BCUT2D eigenvalue weighted by Crippen LogP contribution is -2.57. The lowest BCUT2D eigenvalue weighted by molar-refractivity contribution is -0.147. The van der Waals surface area contributed by atoms with Crippen molar-refractivity contribution in [2.24, 2.45) is 40.4 Å². The molecule has 1 spiro atoms. The van der Waals surface area contributed by atoms with E-state index < -0.39 is 11.0 Å². The lowest BCUT2D eigenvalue weighted by atomic mass is 9.52. The van der Waals surface area contributed by atoms with Gasteiger partial charge in [-0.3, -0.25) is 4.79 Å². The molecule has 0 radical (unpaired) electrons. The van der Waals surface area contributed by atoms with Crippen molar-refractivity contribution >= 4 is 5.78 Å². The average Bonchev–Trinajstić information content (AvgIpc) is 3.33. The first-order valence-electron chi connectivity index (χ1n) is 13.2. The van der Waals surface area contributed by atoms with Crippen LogP contribution in [0.5, 0.6) is 0 Å². The van der Waals surface area contributed by atoms with E-state index in [1.165, 1.54) is 5.57 Å². The molecule has 0 aromatic carbocycles. The summed E-state index contributed by atoms with van der Waals surface area (Å²) in [5, 5.41) is 20.3. The zero-order chi connectivity index (χ0) is 23.5. The fraction of sp³-hybridized carbons (Fsp3) is 0.893. The maximum atomic E-state index is 14.0. The first kappa shape index (κ1) is 24.4. The molecule has 4 nitrogen and oxygen atoms in total. The first-order valence-corrected chi connectivity index (χ1v) is 13.2. The Balaban J connectivity index is 1.53. The molecule has 2 N–H and O–H groups in total. The minimum Gasteiger partial charge on any atom is -0.396 e. The average molecular weight is 447 g/mol. The normalized spacial score (nSPS) is 46.6. The highest BCUT2D eigenvalue weighted by Gasteiger charge is 2.75. The van der Waals surface area contributed by atoms with Gasteiger partial charge in [0.2, 0.25) is 0 Å². The van der Waals surface area contributed by atoms with Crippen LogP contribution in [0.15, 0.2) is 12.2 Å². The molecular formula is C28H46O4. The van der Waals surface area contributed by atoms with Gasteiger partial charge in [0.1, 0.15) is 11.4 Å². The van der Waals surface area contributed by atoms with Crippen LogP contribution in [0, 0.1) is 40.4 Å². The van der Waals surface area contributed by atoms with Crippen molar-refractivity contribution in [3.05, 3.63) is 12.2 Å². The number of rotatable bonds is 8. The minimum absolute atomic E-state index is 0.0207. The highest BCUT2D eigenvalue weighted by molar-refractivity contribution is 5.90. The van der Waals surface area contributed by atoms with Crippen LogP contribution < -0.4 is 0 Å². The van der Waals surface area contributed by atoms with E-state index in [0.29, 0.717) is 42.3 Å². The summed E-state index contributed by atoms with van der Waals surface area (Å²) >= 11 is 0. The number of hydrogen-bond acceptors (Lipinski definition) is 4. The van der Waals surface area contributed by atoms with Crippen molar-refractivity contribution in [2.45, 2.75) is 110 Å². The van der Waals surface area contributed by atoms with E-state index in [9.17, 15) is 15.0 Å². The maximum Gasteiger partial charge on any atom is 0.145 e. The van der Waals surface area contributed by atoms with Crippen LogP contribution in [0.4, 0.5) is 0 Å². The third-order valence-corrected chi connectivity index (χ3v) is 10.7. The molecule has 0 bridgehead atoms. The van der Waals surface area contributed by atoms with E-state index in [4.69, 9.17) is 4.74 Å². The summed E-state index contributed by atoms with van der Waals surface area (Å²) in [6.45, 7) is 15.7. The Labute approximate surface area is 195 Å². The fourth-order valence-corrected chi connectivity index (χ4v) is 8.30. The Bertz CT molecular complexity index is 746. The molecule has 4 heteroatoms. The van der Waals surface area contributed by atoms with E-state index in [2.05, 4.69) is 41.2 Å². The number of allylic oxidation sites excluding steroid dienone is 1. The number of carbonyl (C=O) groups excluding carboxylic acids is 1. The number of hydrogen-bond donors (Lipinski definition) is 2. The molecule has 4 fully saturated rings. The first-order chi connectivity index (χ1) is 15.0. The zero-order valence-corrected chi connectivity index (χ0v) is 21.0. The Kier molecular flexibility index (Phi) is 6.49. The largest absolute Gasteiger partial charge is 0.396 e. The maximum absolute atomic E-state index is 14.0. The van der Waals surface area contributed by atoms with Crippen LogP contribution in [0.1, 0.15) is 92.4 Å². The molecule has 3 aliphatic carbocycles. The predicted octanol–water partition coefficient (Wildman–Crippen LogP) is 5.31. The molecule has 1 heterocycles. The Morgan fingerprint density at radius 2 is 1.94 bits per heavy atom. The molecule has 32 heavy (non-hydrogen) atoms. The molecule has 1 saturated heterocycles. The van der Waals surface area contributed by atoms with Gasteiger partial charge in [0.25, 0.3) is 0 Å². The van der Waals surface area contributed by atoms with Crippen LogP contribution >= 0.6 is 0 Å². The third kappa shape index (κ3) is 3.64. The summed E-state index contributed by atoms with van der Waals surface area (Å²) < 4.78 is 6.25. The van der Waals surface area contributed by atoms with Crippen molar-refractivity contribution in [2.75, 3.05) is 6.61 Å². The van der Waals surface area contributed by atoms with E-state index in [-0.39, 0.29) is 30.1 Å². The second-order valence-corrected chi connectivity index (χ2v) is 12.5. The predicted molar refractivity (Wildman–Crippen MR) is 127 cm³/mol. The van der Waals surface area contributed by atoms with Crippen molar-refractivity contribution in [1.29, 1.82) is 0 Å². The smallest absolute Gasteiger partial charge is 0.145 e.